The van der Waals surface area contributed by atoms with E-state index in [2.05, 4.69) is 11.8 Å². The van der Waals surface area contributed by atoms with Crippen LogP contribution < -0.4 is 4.90 Å². The average molecular weight is 336 g/mol. The molecule has 2 heterocycles. The van der Waals surface area contributed by atoms with Gasteiger partial charge in [0, 0.05) is 43.4 Å². The molecule has 0 aliphatic carbocycles. The van der Waals surface area contributed by atoms with Gasteiger partial charge >= 0.3 is 0 Å². The summed E-state index contributed by atoms with van der Waals surface area (Å²) >= 11 is 5.89. The number of halogens is 1. The van der Waals surface area contributed by atoms with Crippen molar-refractivity contribution in [2.24, 2.45) is 5.92 Å². The van der Waals surface area contributed by atoms with Crippen molar-refractivity contribution >= 4 is 29.1 Å². The quantitative estimate of drug-likeness (QED) is 0.792. The molecule has 2 saturated heterocycles. The van der Waals surface area contributed by atoms with Gasteiger partial charge in [-0.15, -0.1) is 0 Å². The van der Waals surface area contributed by atoms with Gasteiger partial charge < -0.3 is 14.7 Å². The smallest absolute Gasteiger partial charge is 0.239 e. The van der Waals surface area contributed by atoms with Crippen LogP contribution in [0.4, 0.5) is 5.69 Å². The Hall–Kier alpha value is -1.59. The van der Waals surface area contributed by atoms with Crippen molar-refractivity contribution < 1.29 is 9.59 Å². The van der Waals surface area contributed by atoms with E-state index >= 15 is 0 Å². The fourth-order valence-corrected chi connectivity index (χ4v) is 3.42. The van der Waals surface area contributed by atoms with E-state index in [9.17, 15) is 9.59 Å². The van der Waals surface area contributed by atoms with E-state index in [0.717, 1.165) is 38.4 Å². The van der Waals surface area contributed by atoms with Gasteiger partial charge in [0.15, 0.2) is 0 Å². The summed E-state index contributed by atoms with van der Waals surface area (Å²) in [6.45, 7) is 6.95. The van der Waals surface area contributed by atoms with Crippen LogP contribution in [0, 0.1) is 5.92 Å². The monoisotopic (exact) mass is 335 g/mol. The Balaban J connectivity index is 1.64. The number of nitrogens with zero attached hydrogens (tertiary/aromatic N) is 3. The second-order valence-corrected chi connectivity index (χ2v) is 6.50. The van der Waals surface area contributed by atoms with Crippen LogP contribution in [0.5, 0.6) is 0 Å². The molecule has 1 atom stereocenters. The Morgan fingerprint density at radius 3 is 2.39 bits per heavy atom. The van der Waals surface area contributed by atoms with Crippen molar-refractivity contribution in [1.82, 2.24) is 9.80 Å². The van der Waals surface area contributed by atoms with Crippen LogP contribution in [0.25, 0.3) is 0 Å². The zero-order valence-corrected chi connectivity index (χ0v) is 14.1. The summed E-state index contributed by atoms with van der Waals surface area (Å²) < 4.78 is 0. The zero-order chi connectivity index (χ0) is 16.4. The van der Waals surface area contributed by atoms with Gasteiger partial charge in [-0.25, -0.2) is 0 Å². The number of rotatable bonds is 3. The first-order chi connectivity index (χ1) is 11.1. The molecule has 1 aromatic rings. The first-order valence-electron chi connectivity index (χ1n) is 8.18. The van der Waals surface area contributed by atoms with Crippen LogP contribution in [0.1, 0.15) is 13.3 Å². The fraction of sp³-hybridized carbons (Fsp3) is 0.529. The molecule has 2 aliphatic heterocycles. The highest BCUT2D eigenvalue weighted by molar-refractivity contribution is 6.30. The van der Waals surface area contributed by atoms with E-state index in [-0.39, 0.29) is 11.8 Å². The predicted molar refractivity (Wildman–Crippen MR) is 90.6 cm³/mol. The summed E-state index contributed by atoms with van der Waals surface area (Å²) in [7, 11) is 0. The van der Waals surface area contributed by atoms with E-state index in [1.54, 1.807) is 17.0 Å². The Bertz CT molecular complexity index is 582. The third-order valence-electron chi connectivity index (χ3n) is 4.77. The lowest BCUT2D eigenvalue weighted by molar-refractivity contribution is -0.141. The molecule has 5 nitrogen and oxygen atoms in total. The minimum atomic E-state index is -0.529. The number of benzene rings is 1. The molecule has 0 unspecified atom stereocenters. The molecule has 23 heavy (non-hydrogen) atoms. The summed E-state index contributed by atoms with van der Waals surface area (Å²) in [4.78, 5) is 31.2. The maximum Gasteiger partial charge on any atom is 0.239 e. The maximum absolute atomic E-state index is 12.7. The summed E-state index contributed by atoms with van der Waals surface area (Å²) in [5.41, 5.74) is 0.811. The number of carbonyl (C=O) groups excluding carboxylic acids is 2. The second-order valence-electron chi connectivity index (χ2n) is 6.07. The first-order valence-corrected chi connectivity index (χ1v) is 8.56. The van der Waals surface area contributed by atoms with Crippen LogP contribution in [-0.4, -0.2) is 60.9 Å². The highest BCUT2D eigenvalue weighted by atomic mass is 35.5. The summed E-state index contributed by atoms with van der Waals surface area (Å²) in [6, 6.07) is 7.19. The Kier molecular flexibility index (Phi) is 4.87. The third-order valence-corrected chi connectivity index (χ3v) is 5.03. The van der Waals surface area contributed by atoms with Crippen LogP contribution in [0.3, 0.4) is 0 Å². The SMILES string of the molecule is CCN1CCN(C(=O)[C@@H]2CCN(c3ccc(Cl)cc3)C2=O)CC1. The van der Waals surface area contributed by atoms with Crippen molar-refractivity contribution in [3.8, 4) is 0 Å². The molecule has 6 heteroatoms. The minimum absolute atomic E-state index is 0.0118. The highest BCUT2D eigenvalue weighted by Crippen LogP contribution is 2.27. The number of hydrogen-bond donors (Lipinski definition) is 0. The number of hydrogen-bond acceptors (Lipinski definition) is 3. The lowest BCUT2D eigenvalue weighted by atomic mass is 10.1. The van der Waals surface area contributed by atoms with Gasteiger partial charge in [0.2, 0.25) is 11.8 Å². The van der Waals surface area contributed by atoms with Gasteiger partial charge in [-0.05, 0) is 37.2 Å². The second kappa shape index (κ2) is 6.89. The molecule has 2 aliphatic rings. The molecule has 124 valence electrons. The highest BCUT2D eigenvalue weighted by Gasteiger charge is 2.40. The van der Waals surface area contributed by atoms with Crippen molar-refractivity contribution in [2.45, 2.75) is 13.3 Å². The predicted octanol–water partition coefficient (Wildman–Crippen LogP) is 1.86. The van der Waals surface area contributed by atoms with Gasteiger partial charge in [0.25, 0.3) is 0 Å². The molecule has 1 aromatic carbocycles. The number of carbonyl (C=O) groups is 2. The molecule has 3 rings (SSSR count). The molecule has 0 bridgehead atoms. The van der Waals surface area contributed by atoms with Gasteiger partial charge in [-0.2, -0.15) is 0 Å². The number of anilines is 1. The summed E-state index contributed by atoms with van der Waals surface area (Å²) in [5, 5.41) is 0.641. The van der Waals surface area contributed by atoms with E-state index < -0.39 is 5.92 Å². The molecule has 0 N–H and O–H groups in total. The Labute approximate surface area is 141 Å². The molecule has 0 saturated carbocycles. The molecule has 2 amide bonds. The molecule has 2 fully saturated rings. The first kappa shape index (κ1) is 16.3. The minimum Gasteiger partial charge on any atom is -0.339 e. The Morgan fingerprint density at radius 1 is 1.13 bits per heavy atom. The lowest BCUT2D eigenvalue weighted by Gasteiger charge is -2.35. The topological polar surface area (TPSA) is 43.9 Å². The lowest BCUT2D eigenvalue weighted by Crippen LogP contribution is -2.51. The summed E-state index contributed by atoms with van der Waals surface area (Å²) in [5.74, 6) is -0.628. The molecule has 0 spiro atoms. The van der Waals surface area contributed by atoms with Gasteiger partial charge in [-0.1, -0.05) is 18.5 Å². The van der Waals surface area contributed by atoms with Gasteiger partial charge in [0.05, 0.1) is 0 Å². The summed E-state index contributed by atoms with van der Waals surface area (Å²) in [6.07, 6.45) is 0.592. The largest absolute Gasteiger partial charge is 0.339 e. The van der Waals surface area contributed by atoms with Crippen LogP contribution in [0.15, 0.2) is 24.3 Å². The third kappa shape index (κ3) is 3.35. The van der Waals surface area contributed by atoms with Gasteiger partial charge in [-0.3, -0.25) is 9.59 Å². The normalized spacial score (nSPS) is 22.7. The van der Waals surface area contributed by atoms with Crippen LogP contribution >= 0.6 is 11.6 Å². The molecular weight excluding hydrogens is 314 g/mol. The van der Waals surface area contributed by atoms with Crippen molar-refractivity contribution in [3.63, 3.8) is 0 Å². The van der Waals surface area contributed by atoms with Crippen LogP contribution in [-0.2, 0) is 9.59 Å². The van der Waals surface area contributed by atoms with Crippen molar-refractivity contribution in [3.05, 3.63) is 29.3 Å². The van der Waals surface area contributed by atoms with Crippen molar-refractivity contribution in [1.29, 1.82) is 0 Å². The van der Waals surface area contributed by atoms with Gasteiger partial charge in [0.1, 0.15) is 5.92 Å². The number of likely N-dealkylation sites (N-methyl/N-ethyl adjacent to an activating group) is 1. The van der Waals surface area contributed by atoms with E-state index in [1.807, 2.05) is 17.0 Å². The fourth-order valence-electron chi connectivity index (χ4n) is 3.29. The van der Waals surface area contributed by atoms with E-state index in [1.165, 1.54) is 0 Å². The number of piperazine rings is 1. The number of amides is 2. The molecular formula is C17H22ClN3O2. The van der Waals surface area contributed by atoms with Crippen LogP contribution in [0.2, 0.25) is 5.02 Å². The standard InChI is InChI=1S/C17H22ClN3O2/c1-2-19-9-11-20(12-10-19)16(22)15-7-8-21(17(15)23)14-5-3-13(18)4-6-14/h3-6,15H,2,7-12H2,1H3/t15-/m0/s1. The van der Waals surface area contributed by atoms with E-state index in [0.29, 0.717) is 18.0 Å². The van der Waals surface area contributed by atoms with Crippen molar-refractivity contribution in [2.75, 3.05) is 44.2 Å². The zero-order valence-electron chi connectivity index (χ0n) is 13.4. The maximum atomic E-state index is 12.7. The molecule has 0 aromatic heterocycles. The molecule has 0 radical (unpaired) electrons. The van der Waals surface area contributed by atoms with E-state index in [4.69, 9.17) is 11.6 Å². The Morgan fingerprint density at radius 2 is 1.78 bits per heavy atom. The average Bonchev–Trinajstić information content (AvgIpc) is 2.96.